The molecule has 1 fully saturated rings. The molecule has 2 amide bonds. The van der Waals surface area contributed by atoms with Gasteiger partial charge >= 0.3 is 0 Å². The van der Waals surface area contributed by atoms with E-state index in [9.17, 15) is 22.4 Å². The number of likely N-dealkylation sites (N-methyl/N-ethyl adjacent to an activating group) is 1. The first-order valence-corrected chi connectivity index (χ1v) is 11.2. The third kappa shape index (κ3) is 4.68. The maximum atomic E-state index is 13.1. The average Bonchev–Trinajstić information content (AvgIpc) is 3.08. The largest absolute Gasteiger partial charge is 0.348 e. The zero-order valence-electron chi connectivity index (χ0n) is 16.8. The second-order valence-electron chi connectivity index (χ2n) is 7.54. The molecule has 2 N–H and O–H groups in total. The van der Waals surface area contributed by atoms with Crippen LogP contribution in [0.3, 0.4) is 0 Å². The summed E-state index contributed by atoms with van der Waals surface area (Å²) in [5.74, 6) is -2.71. The molecule has 1 heterocycles. The van der Waals surface area contributed by atoms with Crippen molar-refractivity contribution in [3.63, 3.8) is 0 Å². The summed E-state index contributed by atoms with van der Waals surface area (Å²) in [7, 11) is -0.174. The van der Waals surface area contributed by atoms with E-state index in [0.29, 0.717) is 5.56 Å². The van der Waals surface area contributed by atoms with Gasteiger partial charge in [0.2, 0.25) is 11.8 Å². The Balaban J connectivity index is 1.89. The Morgan fingerprint density at radius 1 is 1.03 bits per heavy atom. The number of halogens is 1. The van der Waals surface area contributed by atoms with E-state index >= 15 is 0 Å². The molecule has 0 radical (unpaired) electrons. The molecule has 1 aliphatic heterocycles. The molecular formula is C21H24FN3O4S. The van der Waals surface area contributed by atoms with E-state index in [-0.39, 0.29) is 29.9 Å². The highest BCUT2D eigenvalue weighted by Gasteiger charge is 2.39. The first kappa shape index (κ1) is 21.9. The van der Waals surface area contributed by atoms with Crippen molar-refractivity contribution in [2.24, 2.45) is 5.73 Å². The Morgan fingerprint density at radius 3 is 2.03 bits per heavy atom. The molecule has 9 heteroatoms. The Kier molecular flexibility index (Phi) is 6.23. The van der Waals surface area contributed by atoms with Gasteiger partial charge in [0.15, 0.2) is 9.84 Å². The molecule has 7 nitrogen and oxygen atoms in total. The normalized spacial score (nSPS) is 17.4. The molecule has 160 valence electrons. The van der Waals surface area contributed by atoms with Crippen molar-refractivity contribution in [1.29, 1.82) is 0 Å². The van der Waals surface area contributed by atoms with Crippen molar-refractivity contribution in [1.82, 2.24) is 9.80 Å². The van der Waals surface area contributed by atoms with Gasteiger partial charge < -0.3 is 15.5 Å². The van der Waals surface area contributed by atoms with E-state index < -0.39 is 27.7 Å². The van der Waals surface area contributed by atoms with Crippen LogP contribution >= 0.6 is 0 Å². The van der Waals surface area contributed by atoms with Gasteiger partial charge in [-0.15, -0.1) is 0 Å². The molecule has 0 bridgehead atoms. The summed E-state index contributed by atoms with van der Waals surface area (Å²) < 4.78 is 36.6. The molecule has 30 heavy (non-hydrogen) atoms. The summed E-state index contributed by atoms with van der Waals surface area (Å²) >= 11 is 0. The van der Waals surface area contributed by atoms with E-state index in [1.165, 1.54) is 21.9 Å². The van der Waals surface area contributed by atoms with Crippen molar-refractivity contribution in [2.75, 3.05) is 32.3 Å². The number of carbonyl (C=O) groups is 2. The molecule has 2 aromatic rings. The van der Waals surface area contributed by atoms with Crippen LogP contribution in [0, 0.1) is 5.82 Å². The third-order valence-corrected chi connectivity index (χ3v) is 6.64. The summed E-state index contributed by atoms with van der Waals surface area (Å²) in [5, 5.41) is 0. The van der Waals surface area contributed by atoms with Gasteiger partial charge in [0.25, 0.3) is 0 Å². The molecule has 0 spiro atoms. The first-order valence-electron chi connectivity index (χ1n) is 9.41. The third-order valence-electron chi connectivity index (χ3n) is 5.13. The van der Waals surface area contributed by atoms with Crippen LogP contribution in [-0.4, -0.2) is 68.3 Å². The minimum Gasteiger partial charge on any atom is -0.348 e. The van der Waals surface area contributed by atoms with Gasteiger partial charge in [0, 0.05) is 20.6 Å². The van der Waals surface area contributed by atoms with Gasteiger partial charge in [-0.25, -0.2) is 12.8 Å². The molecule has 2 atom stereocenters. The van der Waals surface area contributed by atoms with Gasteiger partial charge in [-0.2, -0.15) is 0 Å². The van der Waals surface area contributed by atoms with E-state index in [2.05, 4.69) is 0 Å². The van der Waals surface area contributed by atoms with Crippen molar-refractivity contribution in [3.8, 4) is 11.1 Å². The highest BCUT2D eigenvalue weighted by molar-refractivity contribution is 7.91. The monoisotopic (exact) mass is 433 g/mol. The molecule has 3 rings (SSSR count). The summed E-state index contributed by atoms with van der Waals surface area (Å²) in [6.07, 6.45) is 0. The molecule has 0 aliphatic carbocycles. The summed E-state index contributed by atoms with van der Waals surface area (Å²) in [6.45, 7) is 0.0707. The fourth-order valence-corrected chi connectivity index (χ4v) is 4.81. The number of sulfone groups is 1. The lowest BCUT2D eigenvalue weighted by atomic mass is 9.88. The number of hydrogen-bond acceptors (Lipinski definition) is 5. The second-order valence-corrected chi connectivity index (χ2v) is 9.70. The lowest BCUT2D eigenvalue weighted by Gasteiger charge is -2.28. The van der Waals surface area contributed by atoms with Crippen molar-refractivity contribution < 1.29 is 22.4 Å². The van der Waals surface area contributed by atoms with Crippen molar-refractivity contribution >= 4 is 21.7 Å². The van der Waals surface area contributed by atoms with E-state index in [1.807, 2.05) is 0 Å². The SMILES string of the molecule is CN(C)C(=O)[C@@H](c1ccc(-c2ccc(F)cc2)cc1)[C@H](N)C(=O)N1CCS(=O)(=O)C1. The van der Waals surface area contributed by atoms with Crippen LogP contribution in [0.4, 0.5) is 4.39 Å². The summed E-state index contributed by atoms with van der Waals surface area (Å²) in [4.78, 5) is 28.2. The van der Waals surface area contributed by atoms with Gasteiger partial charge in [-0.3, -0.25) is 9.59 Å². The van der Waals surface area contributed by atoms with Gasteiger partial charge in [-0.1, -0.05) is 36.4 Å². The molecule has 0 unspecified atom stereocenters. The van der Waals surface area contributed by atoms with Gasteiger partial charge in [0.1, 0.15) is 17.7 Å². The Labute approximate surface area is 175 Å². The zero-order chi connectivity index (χ0) is 22.1. The fourth-order valence-electron chi connectivity index (χ4n) is 3.45. The molecule has 1 saturated heterocycles. The minimum absolute atomic E-state index is 0.0707. The highest BCUT2D eigenvalue weighted by atomic mass is 32.2. The fraction of sp³-hybridized carbons (Fsp3) is 0.333. The second kappa shape index (κ2) is 8.53. The summed E-state index contributed by atoms with van der Waals surface area (Å²) in [6, 6.07) is 11.8. The smallest absolute Gasteiger partial charge is 0.241 e. The van der Waals surface area contributed by atoms with Gasteiger partial charge in [-0.05, 0) is 28.8 Å². The lowest BCUT2D eigenvalue weighted by molar-refractivity contribution is -0.138. The molecular weight excluding hydrogens is 409 g/mol. The standard InChI is InChI=1S/C21H24FN3O4S/c1-24(2)20(26)18(19(23)21(27)25-11-12-30(28,29)13-25)16-5-3-14(4-6-16)15-7-9-17(22)10-8-15/h3-10,18-19H,11-13,23H2,1-2H3/t18-,19-/m0/s1. The van der Waals surface area contributed by atoms with Crippen LogP contribution in [0.15, 0.2) is 48.5 Å². The zero-order valence-corrected chi connectivity index (χ0v) is 17.6. The number of carbonyl (C=O) groups excluding carboxylic acids is 2. The van der Waals surface area contributed by atoms with Crippen LogP contribution < -0.4 is 5.73 Å². The number of nitrogens with two attached hydrogens (primary N) is 1. The van der Waals surface area contributed by atoms with E-state index in [4.69, 9.17) is 5.73 Å². The molecule has 2 aromatic carbocycles. The number of nitrogens with zero attached hydrogens (tertiary/aromatic N) is 2. The van der Waals surface area contributed by atoms with Crippen molar-refractivity contribution in [3.05, 3.63) is 59.9 Å². The van der Waals surface area contributed by atoms with Gasteiger partial charge in [0.05, 0.1) is 11.7 Å². The topological polar surface area (TPSA) is 101 Å². The average molecular weight is 434 g/mol. The summed E-state index contributed by atoms with van der Waals surface area (Å²) in [5.41, 5.74) is 8.36. The first-order chi connectivity index (χ1) is 14.1. The minimum atomic E-state index is -3.31. The molecule has 0 saturated carbocycles. The van der Waals surface area contributed by atoms with E-state index in [0.717, 1.165) is 11.1 Å². The highest BCUT2D eigenvalue weighted by Crippen LogP contribution is 2.27. The lowest BCUT2D eigenvalue weighted by Crippen LogP contribution is -2.50. The number of amides is 2. The molecule has 0 aromatic heterocycles. The predicted octanol–water partition coefficient (Wildman–Crippen LogP) is 1.21. The van der Waals surface area contributed by atoms with Crippen LogP contribution in [0.5, 0.6) is 0 Å². The quantitative estimate of drug-likeness (QED) is 0.764. The number of benzene rings is 2. The number of rotatable bonds is 5. The van der Waals surface area contributed by atoms with Crippen LogP contribution in [-0.2, 0) is 19.4 Å². The Bertz CT molecular complexity index is 1040. The van der Waals surface area contributed by atoms with Crippen LogP contribution in [0.1, 0.15) is 11.5 Å². The Morgan fingerprint density at radius 2 is 1.57 bits per heavy atom. The maximum Gasteiger partial charge on any atom is 0.241 e. The maximum absolute atomic E-state index is 13.1. The van der Waals surface area contributed by atoms with Crippen LogP contribution in [0.2, 0.25) is 0 Å². The number of hydrogen-bond donors (Lipinski definition) is 1. The Hall–Kier alpha value is -2.78. The van der Waals surface area contributed by atoms with E-state index in [1.54, 1.807) is 50.5 Å². The van der Waals surface area contributed by atoms with Crippen molar-refractivity contribution in [2.45, 2.75) is 12.0 Å². The van der Waals surface area contributed by atoms with Crippen LogP contribution in [0.25, 0.3) is 11.1 Å². The molecule has 1 aliphatic rings. The predicted molar refractivity (Wildman–Crippen MR) is 112 cm³/mol.